The fourth-order valence-electron chi connectivity index (χ4n) is 3.31. The summed E-state index contributed by atoms with van der Waals surface area (Å²) in [6.45, 7) is 7.27. The minimum absolute atomic E-state index is 0.0985. The van der Waals surface area contributed by atoms with Crippen molar-refractivity contribution in [3.63, 3.8) is 0 Å². The van der Waals surface area contributed by atoms with Crippen molar-refractivity contribution in [1.82, 2.24) is 19.7 Å². The molecule has 2 atom stereocenters. The van der Waals surface area contributed by atoms with Gasteiger partial charge in [-0.3, -0.25) is 14.5 Å². The predicted octanol–water partition coefficient (Wildman–Crippen LogP) is 2.90. The van der Waals surface area contributed by atoms with Crippen LogP contribution < -0.4 is 0 Å². The molecule has 1 saturated heterocycles. The van der Waals surface area contributed by atoms with Gasteiger partial charge in [0.15, 0.2) is 0 Å². The minimum atomic E-state index is -0.231. The van der Waals surface area contributed by atoms with Crippen molar-refractivity contribution in [3.05, 3.63) is 47.5 Å². The molecule has 1 aliphatic heterocycles. The number of nitrogens with zero attached hydrogens (tertiary/aromatic N) is 4. The van der Waals surface area contributed by atoms with Gasteiger partial charge in [-0.1, -0.05) is 6.07 Å². The number of aromatic nitrogens is 3. The van der Waals surface area contributed by atoms with Gasteiger partial charge in [-0.15, -0.1) is 0 Å². The van der Waals surface area contributed by atoms with E-state index in [1.54, 1.807) is 11.1 Å². The number of amides is 1. The topological polar surface area (TPSA) is 60.3 Å². The van der Waals surface area contributed by atoms with Crippen LogP contribution in [0.25, 0.3) is 0 Å². The first-order valence-corrected chi connectivity index (χ1v) is 8.79. The average Bonchev–Trinajstić information content (AvgIpc) is 3.24. The Morgan fingerprint density at radius 2 is 2.20 bits per heavy atom. The van der Waals surface area contributed by atoms with E-state index < -0.39 is 0 Å². The number of carbonyl (C=O) groups is 1. The number of hydrogen-bond acceptors (Lipinski definition) is 4. The van der Waals surface area contributed by atoms with E-state index in [9.17, 15) is 4.79 Å². The standard InChI is InChI=1S/C19H26N4O2/c1-13(2)23-17(7-9-21-23)18-16(8-10-25-18)19(24)22(4)12-15-6-5-14(3)11-20-15/h5-7,9,11,13,16,18H,8,10,12H2,1-4H3/t16-,18-/m0/s1. The van der Waals surface area contributed by atoms with E-state index >= 15 is 0 Å². The maximum Gasteiger partial charge on any atom is 0.228 e. The summed E-state index contributed by atoms with van der Waals surface area (Å²) in [5.74, 6) is -0.0778. The highest BCUT2D eigenvalue weighted by Crippen LogP contribution is 2.36. The first-order valence-electron chi connectivity index (χ1n) is 8.79. The molecule has 2 aromatic heterocycles. The Balaban J connectivity index is 1.73. The first kappa shape index (κ1) is 17.6. The fraction of sp³-hybridized carbons (Fsp3) is 0.526. The molecular weight excluding hydrogens is 316 g/mol. The molecule has 0 bridgehead atoms. The van der Waals surface area contributed by atoms with Crippen molar-refractivity contribution in [2.45, 2.75) is 45.9 Å². The van der Waals surface area contributed by atoms with Crippen LogP contribution in [0.5, 0.6) is 0 Å². The molecule has 6 heteroatoms. The van der Waals surface area contributed by atoms with Crippen LogP contribution in [-0.2, 0) is 16.1 Å². The molecule has 0 saturated carbocycles. The van der Waals surface area contributed by atoms with Crippen LogP contribution in [-0.4, -0.2) is 39.2 Å². The van der Waals surface area contributed by atoms with Crippen molar-refractivity contribution in [1.29, 1.82) is 0 Å². The quantitative estimate of drug-likeness (QED) is 0.838. The van der Waals surface area contributed by atoms with E-state index in [-0.39, 0.29) is 24.0 Å². The van der Waals surface area contributed by atoms with Crippen LogP contribution in [0.3, 0.4) is 0 Å². The Morgan fingerprint density at radius 1 is 1.40 bits per heavy atom. The summed E-state index contributed by atoms with van der Waals surface area (Å²) in [6.07, 6.45) is 4.11. The molecule has 6 nitrogen and oxygen atoms in total. The number of hydrogen-bond donors (Lipinski definition) is 0. The summed E-state index contributed by atoms with van der Waals surface area (Å²) in [6, 6.07) is 6.18. The monoisotopic (exact) mass is 342 g/mol. The van der Waals surface area contributed by atoms with Gasteiger partial charge in [0.25, 0.3) is 0 Å². The molecule has 1 fully saturated rings. The van der Waals surface area contributed by atoms with E-state index in [0.717, 1.165) is 23.4 Å². The zero-order chi connectivity index (χ0) is 18.0. The van der Waals surface area contributed by atoms with Gasteiger partial charge >= 0.3 is 0 Å². The molecule has 0 radical (unpaired) electrons. The number of ether oxygens (including phenoxy) is 1. The summed E-state index contributed by atoms with van der Waals surface area (Å²) in [7, 11) is 1.83. The lowest BCUT2D eigenvalue weighted by atomic mass is 9.97. The van der Waals surface area contributed by atoms with Crippen LogP contribution in [0.4, 0.5) is 0 Å². The van der Waals surface area contributed by atoms with Crippen molar-refractivity contribution < 1.29 is 9.53 Å². The SMILES string of the molecule is Cc1ccc(CN(C)C(=O)[C@H]2CCO[C@@H]2c2ccnn2C(C)C)nc1. The van der Waals surface area contributed by atoms with Gasteiger partial charge < -0.3 is 9.64 Å². The van der Waals surface area contributed by atoms with Crippen LogP contribution >= 0.6 is 0 Å². The van der Waals surface area contributed by atoms with Crippen molar-refractivity contribution >= 4 is 5.91 Å². The number of rotatable bonds is 5. The molecule has 0 aromatic carbocycles. The molecule has 0 aliphatic carbocycles. The molecule has 3 rings (SSSR count). The Hall–Kier alpha value is -2.21. The Morgan fingerprint density at radius 3 is 2.88 bits per heavy atom. The Labute approximate surface area is 148 Å². The van der Waals surface area contributed by atoms with Gasteiger partial charge in [-0.2, -0.15) is 5.10 Å². The van der Waals surface area contributed by atoms with Gasteiger partial charge in [0.05, 0.1) is 23.9 Å². The Kier molecular flexibility index (Phi) is 5.18. The number of carbonyl (C=O) groups excluding carboxylic acids is 1. The molecule has 3 heterocycles. The molecule has 1 aliphatic rings. The molecule has 0 unspecified atom stereocenters. The molecule has 25 heavy (non-hydrogen) atoms. The largest absolute Gasteiger partial charge is 0.371 e. The molecule has 134 valence electrons. The van der Waals surface area contributed by atoms with Crippen LogP contribution in [0.15, 0.2) is 30.6 Å². The third kappa shape index (κ3) is 3.74. The zero-order valence-electron chi connectivity index (χ0n) is 15.3. The second-order valence-electron chi connectivity index (χ2n) is 7.00. The molecule has 0 spiro atoms. The highest BCUT2D eigenvalue weighted by Gasteiger charge is 2.38. The molecular formula is C19H26N4O2. The van der Waals surface area contributed by atoms with E-state index in [1.807, 2.05) is 43.0 Å². The van der Waals surface area contributed by atoms with Gasteiger partial charge in [0, 0.05) is 32.1 Å². The van der Waals surface area contributed by atoms with Crippen molar-refractivity contribution in [2.75, 3.05) is 13.7 Å². The minimum Gasteiger partial charge on any atom is -0.371 e. The zero-order valence-corrected chi connectivity index (χ0v) is 15.3. The summed E-state index contributed by atoms with van der Waals surface area (Å²) in [5, 5.41) is 4.38. The third-order valence-corrected chi connectivity index (χ3v) is 4.64. The molecule has 2 aromatic rings. The van der Waals surface area contributed by atoms with Crippen molar-refractivity contribution in [3.8, 4) is 0 Å². The van der Waals surface area contributed by atoms with Gasteiger partial charge in [-0.25, -0.2) is 0 Å². The van der Waals surface area contributed by atoms with Crippen LogP contribution in [0.1, 0.15) is 49.4 Å². The van der Waals surface area contributed by atoms with Gasteiger partial charge in [-0.05, 0) is 44.9 Å². The fourth-order valence-corrected chi connectivity index (χ4v) is 3.31. The summed E-state index contributed by atoms with van der Waals surface area (Å²) in [5.41, 5.74) is 2.99. The second-order valence-corrected chi connectivity index (χ2v) is 7.00. The summed E-state index contributed by atoms with van der Waals surface area (Å²) in [4.78, 5) is 19.1. The lowest BCUT2D eigenvalue weighted by molar-refractivity contribution is -0.136. The lowest BCUT2D eigenvalue weighted by Crippen LogP contribution is -2.34. The van der Waals surface area contributed by atoms with Crippen LogP contribution in [0.2, 0.25) is 0 Å². The predicted molar refractivity (Wildman–Crippen MR) is 94.9 cm³/mol. The second kappa shape index (κ2) is 7.35. The van der Waals surface area contributed by atoms with Gasteiger partial charge in [0.2, 0.25) is 5.91 Å². The maximum atomic E-state index is 13.0. The van der Waals surface area contributed by atoms with Crippen LogP contribution in [0, 0.1) is 12.8 Å². The smallest absolute Gasteiger partial charge is 0.228 e. The van der Waals surface area contributed by atoms with E-state index in [4.69, 9.17) is 4.74 Å². The Bertz CT molecular complexity index is 723. The van der Waals surface area contributed by atoms with E-state index in [2.05, 4.69) is 23.9 Å². The maximum absolute atomic E-state index is 13.0. The van der Waals surface area contributed by atoms with E-state index in [1.165, 1.54) is 0 Å². The molecule has 0 N–H and O–H groups in total. The highest BCUT2D eigenvalue weighted by molar-refractivity contribution is 5.79. The van der Waals surface area contributed by atoms with E-state index in [0.29, 0.717) is 13.2 Å². The lowest BCUT2D eigenvalue weighted by Gasteiger charge is -2.25. The third-order valence-electron chi connectivity index (χ3n) is 4.64. The average molecular weight is 342 g/mol. The summed E-state index contributed by atoms with van der Waals surface area (Å²) < 4.78 is 7.86. The highest BCUT2D eigenvalue weighted by atomic mass is 16.5. The summed E-state index contributed by atoms with van der Waals surface area (Å²) >= 11 is 0. The number of pyridine rings is 1. The first-order chi connectivity index (χ1) is 12.0. The molecule has 1 amide bonds. The number of aryl methyl sites for hydroxylation is 1. The van der Waals surface area contributed by atoms with Crippen molar-refractivity contribution in [2.24, 2.45) is 5.92 Å². The van der Waals surface area contributed by atoms with Gasteiger partial charge in [0.1, 0.15) is 6.10 Å². The normalized spacial score (nSPS) is 20.2.